The summed E-state index contributed by atoms with van der Waals surface area (Å²) in [5.74, 6) is -0.0875. The third-order valence-electron chi connectivity index (χ3n) is 5.95. The first kappa shape index (κ1) is 24.6. The Morgan fingerprint density at radius 2 is 1.82 bits per heavy atom. The first-order valence-corrected chi connectivity index (χ1v) is 11.7. The van der Waals surface area contributed by atoms with E-state index < -0.39 is 23.5 Å². The number of hydrogen-bond donors (Lipinski definition) is 1. The van der Waals surface area contributed by atoms with Gasteiger partial charge in [-0.2, -0.15) is 0 Å². The number of ether oxygens (including phenoxy) is 1. The quantitative estimate of drug-likeness (QED) is 0.469. The summed E-state index contributed by atoms with van der Waals surface area (Å²) in [4.78, 5) is 30.2. The van der Waals surface area contributed by atoms with Crippen molar-refractivity contribution in [3.05, 3.63) is 64.8 Å². The molecule has 33 heavy (non-hydrogen) atoms. The lowest BCUT2D eigenvalue weighted by Crippen LogP contribution is -2.34. The Balaban J connectivity index is 1.92. The lowest BCUT2D eigenvalue weighted by atomic mass is 9.95. The van der Waals surface area contributed by atoms with Gasteiger partial charge in [0.15, 0.2) is 11.5 Å². The molecule has 2 heterocycles. The standard InChI is InChI=1S/C26H34N2O5/c1-5-17-32-20-12-10-19(11-13-20)23-22(24(29)21-14-9-18(4)33-21)25(30)26(31)28(23)16-8-15-27(6-2)7-3/h9-14,23,30H,5-8,15-17H2,1-4H3/t23-/m1/s1. The molecule has 1 aliphatic rings. The van der Waals surface area contributed by atoms with Crippen LogP contribution in [0.3, 0.4) is 0 Å². The predicted octanol–water partition coefficient (Wildman–Crippen LogP) is 4.69. The maximum Gasteiger partial charge on any atom is 0.290 e. The lowest BCUT2D eigenvalue weighted by molar-refractivity contribution is -0.129. The number of benzene rings is 1. The van der Waals surface area contributed by atoms with E-state index >= 15 is 0 Å². The Bertz CT molecular complexity index is 988. The normalized spacial score (nSPS) is 16.2. The van der Waals surface area contributed by atoms with Gasteiger partial charge in [-0.15, -0.1) is 0 Å². The molecule has 0 radical (unpaired) electrons. The van der Waals surface area contributed by atoms with Crippen molar-refractivity contribution in [2.75, 3.05) is 32.8 Å². The Morgan fingerprint density at radius 1 is 1.12 bits per heavy atom. The fourth-order valence-corrected chi connectivity index (χ4v) is 4.12. The summed E-state index contributed by atoms with van der Waals surface area (Å²) in [5, 5.41) is 10.8. The summed E-state index contributed by atoms with van der Waals surface area (Å²) in [5.41, 5.74) is 0.796. The average molecular weight is 455 g/mol. The Morgan fingerprint density at radius 3 is 2.39 bits per heavy atom. The molecular weight excluding hydrogens is 420 g/mol. The van der Waals surface area contributed by atoms with E-state index in [9.17, 15) is 14.7 Å². The molecule has 0 aliphatic carbocycles. The highest BCUT2D eigenvalue weighted by molar-refractivity contribution is 6.15. The zero-order valence-corrected chi connectivity index (χ0v) is 20.0. The molecule has 7 nitrogen and oxygen atoms in total. The van der Waals surface area contributed by atoms with E-state index in [1.54, 1.807) is 24.0 Å². The van der Waals surface area contributed by atoms with Gasteiger partial charge in [0.05, 0.1) is 18.2 Å². The van der Waals surface area contributed by atoms with Crippen LogP contribution in [0.5, 0.6) is 5.75 Å². The third-order valence-corrected chi connectivity index (χ3v) is 5.95. The Kier molecular flexibility index (Phi) is 8.33. The van der Waals surface area contributed by atoms with Crippen molar-refractivity contribution in [2.45, 2.75) is 46.6 Å². The maximum atomic E-state index is 13.3. The van der Waals surface area contributed by atoms with E-state index in [0.29, 0.717) is 18.9 Å². The van der Waals surface area contributed by atoms with Crippen molar-refractivity contribution in [3.63, 3.8) is 0 Å². The van der Waals surface area contributed by atoms with Crippen LogP contribution >= 0.6 is 0 Å². The minimum absolute atomic E-state index is 0.0550. The molecule has 1 aromatic carbocycles. The number of rotatable bonds is 12. The van der Waals surface area contributed by atoms with Crippen molar-refractivity contribution < 1.29 is 23.8 Å². The minimum Gasteiger partial charge on any atom is -0.503 e. The summed E-state index contributed by atoms with van der Waals surface area (Å²) in [6.45, 7) is 11.7. The van der Waals surface area contributed by atoms with Crippen LogP contribution in [-0.4, -0.2) is 59.4 Å². The summed E-state index contributed by atoms with van der Waals surface area (Å²) in [7, 11) is 0. The fourth-order valence-electron chi connectivity index (χ4n) is 4.12. The van der Waals surface area contributed by atoms with E-state index in [-0.39, 0.29) is 11.3 Å². The van der Waals surface area contributed by atoms with E-state index in [4.69, 9.17) is 9.15 Å². The van der Waals surface area contributed by atoms with E-state index in [1.807, 2.05) is 31.2 Å². The second-order valence-corrected chi connectivity index (χ2v) is 8.20. The molecule has 0 fully saturated rings. The number of furan rings is 1. The number of aryl methyl sites for hydroxylation is 1. The van der Waals surface area contributed by atoms with Gasteiger partial charge in [0.25, 0.3) is 5.91 Å². The van der Waals surface area contributed by atoms with Gasteiger partial charge < -0.3 is 24.1 Å². The fraction of sp³-hybridized carbons (Fsp3) is 0.462. The number of carbonyl (C=O) groups excluding carboxylic acids is 2. The van der Waals surface area contributed by atoms with Gasteiger partial charge in [0.1, 0.15) is 11.5 Å². The maximum absolute atomic E-state index is 13.3. The lowest BCUT2D eigenvalue weighted by Gasteiger charge is -2.28. The van der Waals surface area contributed by atoms with Crippen LogP contribution in [0.4, 0.5) is 0 Å². The molecular formula is C26H34N2O5. The molecule has 178 valence electrons. The van der Waals surface area contributed by atoms with Crippen molar-refractivity contribution >= 4 is 11.7 Å². The van der Waals surface area contributed by atoms with Crippen LogP contribution in [0.25, 0.3) is 0 Å². The molecule has 0 unspecified atom stereocenters. The molecule has 0 bridgehead atoms. The summed E-state index contributed by atoms with van der Waals surface area (Å²) < 4.78 is 11.2. The molecule has 0 saturated heterocycles. The average Bonchev–Trinajstić information content (AvgIpc) is 3.37. The number of amides is 1. The third kappa shape index (κ3) is 5.47. The summed E-state index contributed by atoms with van der Waals surface area (Å²) in [6.07, 6.45) is 1.63. The van der Waals surface area contributed by atoms with Crippen molar-refractivity contribution in [1.29, 1.82) is 0 Å². The van der Waals surface area contributed by atoms with Crippen LogP contribution < -0.4 is 4.74 Å². The van der Waals surface area contributed by atoms with Gasteiger partial charge in [-0.05, 0) is 69.2 Å². The summed E-state index contributed by atoms with van der Waals surface area (Å²) >= 11 is 0. The molecule has 1 N–H and O–H groups in total. The number of ketones is 1. The molecule has 0 spiro atoms. The number of aliphatic hydroxyl groups excluding tert-OH is 1. The van der Waals surface area contributed by atoms with Crippen molar-refractivity contribution in [2.24, 2.45) is 0 Å². The predicted molar refractivity (Wildman–Crippen MR) is 127 cm³/mol. The highest BCUT2D eigenvalue weighted by Crippen LogP contribution is 2.39. The largest absolute Gasteiger partial charge is 0.503 e. The summed E-state index contributed by atoms with van der Waals surface area (Å²) in [6, 6.07) is 9.94. The van der Waals surface area contributed by atoms with Gasteiger partial charge in [-0.25, -0.2) is 0 Å². The van der Waals surface area contributed by atoms with Crippen LogP contribution in [-0.2, 0) is 4.79 Å². The van der Waals surface area contributed by atoms with Crippen molar-refractivity contribution in [3.8, 4) is 5.75 Å². The van der Waals surface area contributed by atoms with Gasteiger partial charge in [-0.1, -0.05) is 32.9 Å². The Labute approximate surface area is 195 Å². The minimum atomic E-state index is -0.688. The van der Waals surface area contributed by atoms with E-state index in [0.717, 1.165) is 43.8 Å². The van der Waals surface area contributed by atoms with Crippen LogP contribution in [0.1, 0.15) is 61.5 Å². The second-order valence-electron chi connectivity index (χ2n) is 8.20. The molecule has 0 saturated carbocycles. The first-order chi connectivity index (χ1) is 15.9. The number of hydrogen-bond acceptors (Lipinski definition) is 6. The van der Waals surface area contributed by atoms with Crippen LogP contribution in [0, 0.1) is 6.92 Å². The number of nitrogens with zero attached hydrogens (tertiary/aromatic N) is 2. The molecule has 3 rings (SSSR count). The Hall–Kier alpha value is -3.06. The molecule has 1 aromatic heterocycles. The molecule has 1 atom stereocenters. The molecule has 7 heteroatoms. The SMILES string of the molecule is CCCOc1ccc([C@@H]2C(C(=O)c3ccc(C)o3)=C(O)C(=O)N2CCCN(CC)CC)cc1. The van der Waals surface area contributed by atoms with Crippen LogP contribution in [0.2, 0.25) is 0 Å². The van der Waals surface area contributed by atoms with Gasteiger partial charge in [-0.3, -0.25) is 9.59 Å². The highest BCUT2D eigenvalue weighted by Gasteiger charge is 2.44. The first-order valence-electron chi connectivity index (χ1n) is 11.7. The topological polar surface area (TPSA) is 83.2 Å². The molecule has 1 aliphatic heterocycles. The van der Waals surface area contributed by atoms with Gasteiger partial charge >= 0.3 is 0 Å². The zero-order valence-electron chi connectivity index (χ0n) is 20.0. The number of carbonyl (C=O) groups is 2. The molecule has 1 amide bonds. The number of Topliss-reactive ketones (excluding diaryl/α,β-unsaturated/α-hetero) is 1. The highest BCUT2D eigenvalue weighted by atomic mass is 16.5. The smallest absolute Gasteiger partial charge is 0.290 e. The van der Waals surface area contributed by atoms with Gasteiger partial charge in [0.2, 0.25) is 5.78 Å². The monoisotopic (exact) mass is 454 g/mol. The van der Waals surface area contributed by atoms with Crippen molar-refractivity contribution in [1.82, 2.24) is 9.80 Å². The molecule has 2 aromatic rings. The van der Waals surface area contributed by atoms with E-state index in [1.165, 1.54) is 0 Å². The van der Waals surface area contributed by atoms with Crippen LogP contribution in [0.15, 0.2) is 52.1 Å². The number of aliphatic hydroxyl groups is 1. The second kappa shape index (κ2) is 11.2. The van der Waals surface area contributed by atoms with Gasteiger partial charge in [0, 0.05) is 6.54 Å². The van der Waals surface area contributed by atoms with E-state index in [2.05, 4.69) is 18.7 Å². The zero-order chi connectivity index (χ0) is 24.0.